The summed E-state index contributed by atoms with van der Waals surface area (Å²) in [5.41, 5.74) is 4.03. The normalized spacial score (nSPS) is 18.1. The van der Waals surface area contributed by atoms with Gasteiger partial charge in [-0.3, -0.25) is 0 Å². The van der Waals surface area contributed by atoms with Gasteiger partial charge in [-0.25, -0.2) is 13.4 Å². The lowest BCUT2D eigenvalue weighted by molar-refractivity contribution is -0.0506. The molecule has 2 heterocycles. The highest BCUT2D eigenvalue weighted by molar-refractivity contribution is 7.90. The van der Waals surface area contributed by atoms with Crippen molar-refractivity contribution in [3.8, 4) is 16.9 Å². The zero-order chi connectivity index (χ0) is 23.3. The van der Waals surface area contributed by atoms with Crippen molar-refractivity contribution in [1.82, 2.24) is 9.38 Å². The highest BCUT2D eigenvalue weighted by Gasteiger charge is 2.37. The summed E-state index contributed by atoms with van der Waals surface area (Å²) in [6.07, 6.45) is 2.49. The smallest absolute Gasteiger partial charge is 0.387 e. The number of aromatic nitrogens is 2. The van der Waals surface area contributed by atoms with Crippen molar-refractivity contribution in [3.63, 3.8) is 0 Å². The third-order valence-corrected chi connectivity index (χ3v) is 7.04. The summed E-state index contributed by atoms with van der Waals surface area (Å²) in [7, 11) is -3.30. The van der Waals surface area contributed by atoms with E-state index < -0.39 is 22.6 Å². The Morgan fingerprint density at radius 1 is 1.06 bits per heavy atom. The molecule has 0 spiro atoms. The number of nitrogens with zero attached hydrogens (tertiary/aromatic N) is 2. The van der Waals surface area contributed by atoms with Gasteiger partial charge in [-0.2, -0.15) is 8.78 Å². The first-order valence-electron chi connectivity index (χ1n) is 10.3. The van der Waals surface area contributed by atoms with E-state index >= 15 is 0 Å². The fourth-order valence-corrected chi connectivity index (χ4v) is 5.06. The first-order valence-corrected chi connectivity index (χ1v) is 12.2. The number of ether oxygens (including phenoxy) is 1. The van der Waals surface area contributed by atoms with Crippen LogP contribution in [0.3, 0.4) is 0 Å². The summed E-state index contributed by atoms with van der Waals surface area (Å²) in [6.45, 7) is -2.96. The largest absolute Gasteiger partial charge is 0.435 e. The van der Waals surface area contributed by atoms with E-state index in [1.807, 2.05) is 22.7 Å². The summed E-state index contributed by atoms with van der Waals surface area (Å²) in [6, 6.07) is 16.8. The summed E-state index contributed by atoms with van der Waals surface area (Å²) in [5, 5.41) is 10.7. The van der Waals surface area contributed by atoms with Crippen LogP contribution < -0.4 is 4.74 Å². The molecule has 9 heteroatoms. The molecule has 2 aromatic heterocycles. The number of fused-ring (bicyclic) bond motifs is 3. The number of imidazole rings is 1. The van der Waals surface area contributed by atoms with Crippen molar-refractivity contribution in [2.75, 3.05) is 6.26 Å². The SMILES string of the molecule is CS(=O)(=O)c1ccc(-c2ccc3nc4c(n3c2)[C@@H](c2ccccc2OC(F)F)C[C@H]4O)cc1. The topological polar surface area (TPSA) is 80.9 Å². The molecule has 1 aliphatic rings. The van der Waals surface area contributed by atoms with Gasteiger partial charge in [0.25, 0.3) is 0 Å². The van der Waals surface area contributed by atoms with Crippen LogP contribution in [0, 0.1) is 0 Å². The van der Waals surface area contributed by atoms with Gasteiger partial charge in [0.05, 0.1) is 22.4 Å². The van der Waals surface area contributed by atoms with E-state index in [-0.39, 0.29) is 16.6 Å². The van der Waals surface area contributed by atoms with Crippen LogP contribution >= 0.6 is 0 Å². The number of rotatable bonds is 5. The maximum atomic E-state index is 13.0. The first-order chi connectivity index (χ1) is 15.7. The molecule has 33 heavy (non-hydrogen) atoms. The Morgan fingerprint density at radius 2 is 1.76 bits per heavy atom. The van der Waals surface area contributed by atoms with Crippen LogP contribution in [-0.2, 0) is 9.84 Å². The van der Waals surface area contributed by atoms with Crippen LogP contribution in [0.5, 0.6) is 5.75 Å². The van der Waals surface area contributed by atoms with E-state index in [2.05, 4.69) is 4.98 Å². The summed E-state index contributed by atoms with van der Waals surface area (Å²) < 4.78 is 56.0. The van der Waals surface area contributed by atoms with Crippen LogP contribution in [0.15, 0.2) is 71.8 Å². The molecule has 1 aliphatic carbocycles. The van der Waals surface area contributed by atoms with Gasteiger partial charge in [0.1, 0.15) is 11.4 Å². The second-order valence-corrected chi connectivity index (χ2v) is 10.1. The zero-order valence-electron chi connectivity index (χ0n) is 17.5. The number of pyridine rings is 1. The third-order valence-electron chi connectivity index (χ3n) is 5.91. The van der Waals surface area contributed by atoms with E-state index in [1.54, 1.807) is 42.5 Å². The molecular formula is C24H20F2N2O4S. The molecule has 0 saturated carbocycles. The number of halogens is 2. The molecule has 170 valence electrons. The predicted octanol–water partition coefficient (Wildman–Crippen LogP) is 4.58. The molecule has 4 aromatic rings. The number of aliphatic hydroxyl groups excluding tert-OH is 1. The highest BCUT2D eigenvalue weighted by Crippen LogP contribution is 2.47. The second-order valence-electron chi connectivity index (χ2n) is 8.05. The number of alkyl halides is 2. The number of benzene rings is 2. The van der Waals surface area contributed by atoms with Crippen molar-refractivity contribution in [3.05, 3.63) is 83.8 Å². The van der Waals surface area contributed by atoms with Crippen molar-refractivity contribution >= 4 is 15.5 Å². The van der Waals surface area contributed by atoms with Crippen molar-refractivity contribution < 1.29 is 27.0 Å². The molecule has 0 amide bonds. The van der Waals surface area contributed by atoms with Gasteiger partial charge in [0.2, 0.25) is 0 Å². The van der Waals surface area contributed by atoms with Crippen LogP contribution in [0.2, 0.25) is 0 Å². The number of para-hydroxylation sites is 1. The number of sulfone groups is 1. The molecule has 5 rings (SSSR count). The lowest BCUT2D eigenvalue weighted by Crippen LogP contribution is -2.08. The average Bonchev–Trinajstić information content (AvgIpc) is 3.30. The molecule has 0 aliphatic heterocycles. The number of aliphatic hydroxyl groups is 1. The predicted molar refractivity (Wildman–Crippen MR) is 118 cm³/mol. The van der Waals surface area contributed by atoms with Crippen molar-refractivity contribution in [2.24, 2.45) is 0 Å². The fraction of sp³-hybridized carbons (Fsp3) is 0.208. The van der Waals surface area contributed by atoms with Gasteiger partial charge in [0.15, 0.2) is 9.84 Å². The number of hydrogen-bond acceptors (Lipinski definition) is 5. The Labute approximate surface area is 189 Å². The van der Waals surface area contributed by atoms with Gasteiger partial charge in [-0.1, -0.05) is 30.3 Å². The molecule has 2 aromatic carbocycles. The average molecular weight is 470 g/mol. The molecule has 0 radical (unpaired) electrons. The monoisotopic (exact) mass is 470 g/mol. The van der Waals surface area contributed by atoms with Crippen molar-refractivity contribution in [1.29, 1.82) is 0 Å². The van der Waals surface area contributed by atoms with Crippen LogP contribution in [-0.4, -0.2) is 35.8 Å². The van der Waals surface area contributed by atoms with E-state index in [1.165, 1.54) is 6.07 Å². The molecule has 0 saturated heterocycles. The Bertz CT molecular complexity index is 1450. The standard InChI is InChI=1S/C24H20F2N2O4S/c1-33(30,31)16-9-6-14(7-10-16)15-8-11-21-27-22-19(29)12-18(23(22)28(21)13-15)17-4-2-3-5-20(17)32-24(25)26/h2-11,13,18-19,24,29H,12H2,1H3/t18-,19-/m1/s1. The molecule has 0 bridgehead atoms. The van der Waals surface area contributed by atoms with Gasteiger partial charge < -0.3 is 14.2 Å². The Morgan fingerprint density at radius 3 is 2.45 bits per heavy atom. The molecule has 0 fully saturated rings. The first kappa shape index (κ1) is 21.5. The quantitative estimate of drug-likeness (QED) is 0.462. The second kappa shape index (κ2) is 7.93. The van der Waals surface area contributed by atoms with E-state index in [9.17, 15) is 22.3 Å². The highest BCUT2D eigenvalue weighted by atomic mass is 32.2. The van der Waals surface area contributed by atoms with E-state index in [4.69, 9.17) is 4.74 Å². The Balaban J connectivity index is 1.62. The molecule has 0 unspecified atom stereocenters. The molecule has 2 atom stereocenters. The number of hydrogen-bond donors (Lipinski definition) is 1. The summed E-state index contributed by atoms with van der Waals surface area (Å²) >= 11 is 0. The van der Waals surface area contributed by atoms with E-state index in [0.29, 0.717) is 23.3 Å². The van der Waals surface area contributed by atoms with Crippen LogP contribution in [0.4, 0.5) is 8.78 Å². The van der Waals surface area contributed by atoms with Crippen LogP contribution in [0.25, 0.3) is 16.8 Å². The third kappa shape index (κ3) is 3.87. The molecule has 6 nitrogen and oxygen atoms in total. The minimum absolute atomic E-state index is 0.0695. The molecular weight excluding hydrogens is 450 g/mol. The van der Waals surface area contributed by atoms with Gasteiger partial charge in [0, 0.05) is 23.9 Å². The van der Waals surface area contributed by atoms with Gasteiger partial charge >= 0.3 is 6.61 Å². The minimum Gasteiger partial charge on any atom is -0.435 e. The molecule has 1 N–H and O–H groups in total. The Kier molecular flexibility index (Phi) is 5.18. The maximum absolute atomic E-state index is 13.0. The minimum atomic E-state index is -3.30. The van der Waals surface area contributed by atoms with Crippen molar-refractivity contribution in [2.45, 2.75) is 29.9 Å². The summed E-state index contributed by atoms with van der Waals surface area (Å²) in [4.78, 5) is 4.80. The van der Waals surface area contributed by atoms with Gasteiger partial charge in [-0.15, -0.1) is 0 Å². The summed E-state index contributed by atoms with van der Waals surface area (Å²) in [5.74, 6) is -0.317. The zero-order valence-corrected chi connectivity index (χ0v) is 18.3. The lowest BCUT2D eigenvalue weighted by atomic mass is 9.95. The maximum Gasteiger partial charge on any atom is 0.387 e. The lowest BCUT2D eigenvalue weighted by Gasteiger charge is -2.17. The fourth-order valence-electron chi connectivity index (χ4n) is 4.43. The van der Waals surface area contributed by atoms with Crippen LogP contribution in [0.1, 0.15) is 35.4 Å². The van der Waals surface area contributed by atoms with Gasteiger partial charge in [-0.05, 0) is 47.9 Å². The van der Waals surface area contributed by atoms with E-state index in [0.717, 1.165) is 23.1 Å². The Hall–Kier alpha value is -3.30.